The molecule has 86 heavy (non-hydrogen) atoms. The van der Waals surface area contributed by atoms with Crippen LogP contribution < -0.4 is 16.6 Å². The lowest BCUT2D eigenvalue weighted by Gasteiger charge is -2.68. The fourth-order valence-corrected chi connectivity index (χ4v) is 13.3. The quantitative estimate of drug-likeness (QED) is 0.0246. The molecule has 3 heterocycles. The van der Waals surface area contributed by atoms with Crippen molar-refractivity contribution in [1.82, 2.24) is 14.9 Å². The molecular formula is C61H68N6O19. The van der Waals surface area contributed by atoms with Gasteiger partial charge in [0.2, 0.25) is 0 Å². The van der Waals surface area contributed by atoms with E-state index in [0.717, 1.165) is 11.5 Å². The number of ether oxygens (including phenoxy) is 8. The van der Waals surface area contributed by atoms with Crippen LogP contribution in [0, 0.1) is 23.7 Å². The van der Waals surface area contributed by atoms with Crippen LogP contribution in [0.25, 0.3) is 10.4 Å². The van der Waals surface area contributed by atoms with Crippen molar-refractivity contribution in [2.45, 2.75) is 159 Å². The molecule has 2 bridgehead atoms. The Hall–Kier alpha value is -8.48. The van der Waals surface area contributed by atoms with Gasteiger partial charge in [-0.05, 0) is 73.2 Å². The average Bonchev–Trinajstić information content (AvgIpc) is 0.732. The number of fused-ring (bicyclic) bond motifs is 5. The van der Waals surface area contributed by atoms with E-state index in [1.54, 1.807) is 107 Å². The molecule has 0 radical (unpaired) electrons. The van der Waals surface area contributed by atoms with Crippen molar-refractivity contribution in [3.05, 3.63) is 162 Å². The number of amides is 1. The summed E-state index contributed by atoms with van der Waals surface area (Å²) in [6, 6.07) is 21.8. The summed E-state index contributed by atoms with van der Waals surface area (Å²) in [4.78, 5) is 129. The number of carbonyl (C=O) groups is 7. The van der Waals surface area contributed by atoms with Crippen LogP contribution in [0.1, 0.15) is 124 Å². The maximum absolute atomic E-state index is 14.8. The molecule has 25 heteroatoms. The number of aryl methyl sites for hydroxylation is 1. The summed E-state index contributed by atoms with van der Waals surface area (Å²) in [5, 5.41) is 32.8. The number of azide groups is 1. The number of carbonyl (C=O) groups excluding carboxylic acids is 7. The molecule has 25 nitrogen and oxygen atoms in total. The molecule has 2 saturated heterocycles. The van der Waals surface area contributed by atoms with Gasteiger partial charge in [0.05, 0.1) is 43.0 Å². The summed E-state index contributed by atoms with van der Waals surface area (Å²) in [5.41, 5.74) is 1.42. The number of aliphatic hydroxyl groups is 2. The normalized spacial score (nSPS) is 29.4. The minimum atomic E-state index is -2.42. The van der Waals surface area contributed by atoms with E-state index in [9.17, 15) is 58.9 Å². The number of hydrogen-bond donors (Lipinski definition) is 4. The van der Waals surface area contributed by atoms with Crippen molar-refractivity contribution in [3.63, 3.8) is 0 Å². The Morgan fingerprint density at radius 1 is 0.849 bits per heavy atom. The smallest absolute Gasteiger partial charge is 0.338 e. The number of H-pyrrole nitrogens is 1. The number of nitrogens with zero attached hydrogens (tertiary/aromatic N) is 4. The summed E-state index contributed by atoms with van der Waals surface area (Å²) in [6.07, 6.45) is -12.2. The van der Waals surface area contributed by atoms with E-state index < -0.39 is 168 Å². The van der Waals surface area contributed by atoms with Crippen molar-refractivity contribution < 1.29 is 81.7 Å². The number of aliphatic hydroxyl groups excluding tert-OH is 1. The Labute approximate surface area is 492 Å². The Kier molecular flexibility index (Phi) is 17.9. The van der Waals surface area contributed by atoms with Gasteiger partial charge in [-0.1, -0.05) is 92.6 Å². The standard InChI is InChI=1S/C61H68N6O19/c1-32-29-67(57(77)64-53(32)73)43-27-39(65-66-62)41(82-43)30-79-44(70)23-24-45(71)84-51-49(81-34(3)68)46-33(2)40(83-56(76)48(72)47(36-17-11-8-12-18-36)63-54(74)37-19-13-9-14-20-37)28-61(78,58(46,5)6)52(85-55(75)38-21-15-10-16-22-38)50-59(51,7)26-25-42-60(50,31-80-42)86-35(4)69/h8-22,29,39-43,47-52,72,78H,23-28,30-31H2,1-7H3,(H,63,74)(H,64,73,77)/t39?,40-,41+,42+,43+,47-,48+,49+,50?,51-,52-,59+,60-,61+/m0/s1. The molecule has 2 saturated carbocycles. The maximum Gasteiger partial charge on any atom is 0.338 e. The van der Waals surface area contributed by atoms with E-state index in [-0.39, 0.29) is 53.7 Å². The van der Waals surface area contributed by atoms with Crippen LogP contribution in [0.2, 0.25) is 0 Å². The first-order valence-corrected chi connectivity index (χ1v) is 28.2. The third kappa shape index (κ3) is 11.9. The highest BCUT2D eigenvalue weighted by Gasteiger charge is 2.77. The summed E-state index contributed by atoms with van der Waals surface area (Å²) in [6.45, 7) is 9.33. The van der Waals surface area contributed by atoms with Gasteiger partial charge in [0.25, 0.3) is 11.5 Å². The second-order valence-corrected chi connectivity index (χ2v) is 23.2. The first-order chi connectivity index (χ1) is 40.8. The minimum absolute atomic E-state index is 0.0188. The van der Waals surface area contributed by atoms with Crippen molar-refractivity contribution in [1.29, 1.82) is 0 Å². The zero-order valence-corrected chi connectivity index (χ0v) is 48.4. The van der Waals surface area contributed by atoms with Gasteiger partial charge < -0.3 is 53.4 Å². The van der Waals surface area contributed by atoms with Crippen molar-refractivity contribution in [3.8, 4) is 0 Å². The lowest BCUT2D eigenvalue weighted by atomic mass is 9.45. The van der Waals surface area contributed by atoms with Gasteiger partial charge >= 0.3 is 41.5 Å². The topological polar surface area (TPSA) is 349 Å². The molecule has 5 aliphatic rings. The average molecular weight is 1190 g/mol. The molecule has 1 aromatic heterocycles. The summed E-state index contributed by atoms with van der Waals surface area (Å²) >= 11 is 0. The van der Waals surface area contributed by atoms with Crippen LogP contribution in [0.4, 0.5) is 0 Å². The van der Waals surface area contributed by atoms with Crippen molar-refractivity contribution >= 4 is 41.7 Å². The van der Waals surface area contributed by atoms with Gasteiger partial charge in [-0.2, -0.15) is 0 Å². The molecule has 2 aliphatic heterocycles. The lowest BCUT2D eigenvalue weighted by Crippen LogP contribution is -2.80. The van der Waals surface area contributed by atoms with Gasteiger partial charge in [0, 0.05) is 59.8 Å². The van der Waals surface area contributed by atoms with Crippen molar-refractivity contribution in [2.24, 2.45) is 21.9 Å². The summed E-state index contributed by atoms with van der Waals surface area (Å²) in [7, 11) is 0. The van der Waals surface area contributed by atoms with E-state index in [4.69, 9.17) is 37.9 Å². The molecule has 3 aliphatic carbocycles. The zero-order valence-electron chi connectivity index (χ0n) is 48.4. The third-order valence-corrected chi connectivity index (χ3v) is 17.6. The third-order valence-electron chi connectivity index (χ3n) is 17.6. The molecule has 4 N–H and O–H groups in total. The molecule has 2 unspecified atom stereocenters. The van der Waals surface area contributed by atoms with Crippen molar-refractivity contribution in [2.75, 3.05) is 13.2 Å². The second-order valence-electron chi connectivity index (χ2n) is 23.2. The number of benzene rings is 3. The first kappa shape index (κ1) is 62.1. The summed E-state index contributed by atoms with van der Waals surface area (Å²) < 4.78 is 50.9. The second kappa shape index (κ2) is 24.9. The van der Waals surface area contributed by atoms with E-state index in [1.165, 1.54) is 32.2 Å². The fourth-order valence-electron chi connectivity index (χ4n) is 13.3. The van der Waals surface area contributed by atoms with Gasteiger partial charge in [-0.15, -0.1) is 0 Å². The highest BCUT2D eigenvalue weighted by molar-refractivity contribution is 5.95. The first-order valence-electron chi connectivity index (χ1n) is 28.2. The van der Waals surface area contributed by atoms with Crippen LogP contribution in [0.15, 0.2) is 123 Å². The van der Waals surface area contributed by atoms with E-state index in [0.29, 0.717) is 5.56 Å². The van der Waals surface area contributed by atoms with Gasteiger partial charge in [-0.25, -0.2) is 14.4 Å². The lowest BCUT2D eigenvalue weighted by molar-refractivity contribution is -0.349. The number of aromatic nitrogens is 2. The van der Waals surface area contributed by atoms with Gasteiger partial charge in [-0.3, -0.25) is 38.3 Å². The Bertz CT molecular complexity index is 3480. The van der Waals surface area contributed by atoms with Crippen LogP contribution in [0.5, 0.6) is 0 Å². The maximum atomic E-state index is 14.8. The molecular weight excluding hydrogens is 1120 g/mol. The molecule has 1 amide bonds. The molecule has 0 spiro atoms. The molecule has 14 atom stereocenters. The number of rotatable bonds is 18. The molecule has 9 rings (SSSR count). The van der Waals surface area contributed by atoms with Crippen LogP contribution >= 0.6 is 0 Å². The largest absolute Gasteiger partial charge is 0.463 e. The Morgan fingerprint density at radius 3 is 2.10 bits per heavy atom. The monoisotopic (exact) mass is 1190 g/mol. The minimum Gasteiger partial charge on any atom is -0.463 e. The number of hydrogen-bond acceptors (Lipinski definition) is 20. The van der Waals surface area contributed by atoms with Crippen LogP contribution in [0.3, 0.4) is 0 Å². The predicted molar refractivity (Wildman–Crippen MR) is 299 cm³/mol. The Morgan fingerprint density at radius 2 is 1.49 bits per heavy atom. The molecule has 4 aromatic rings. The number of nitrogens with one attached hydrogen (secondary N) is 2. The van der Waals surface area contributed by atoms with E-state index in [2.05, 4.69) is 20.3 Å². The Balaban J connectivity index is 1.10. The number of esters is 6. The van der Waals surface area contributed by atoms with Crippen LogP contribution in [-0.4, -0.2) is 135 Å². The van der Waals surface area contributed by atoms with Gasteiger partial charge in [0.15, 0.2) is 17.8 Å². The predicted octanol–water partition coefficient (Wildman–Crippen LogP) is 5.26. The highest BCUT2D eigenvalue weighted by Crippen LogP contribution is 2.66. The zero-order chi connectivity index (χ0) is 62.0. The van der Waals surface area contributed by atoms with E-state index in [1.807, 2.05) is 0 Å². The van der Waals surface area contributed by atoms with Gasteiger partial charge in [0.1, 0.15) is 49.0 Å². The fraction of sp³-hybridized carbons (Fsp3) is 0.492. The van der Waals surface area contributed by atoms with Crippen LogP contribution in [-0.2, 0) is 61.9 Å². The molecule has 456 valence electrons. The van der Waals surface area contributed by atoms with E-state index >= 15 is 0 Å². The molecule has 4 fully saturated rings. The highest BCUT2D eigenvalue weighted by atomic mass is 16.6. The summed E-state index contributed by atoms with van der Waals surface area (Å²) in [5.74, 6) is -7.91. The number of aromatic amines is 1. The SMILES string of the molecule is CC(=O)O[C@@H]1C2=C(C)[C@@H](OC(=O)[C@H](O)[C@@H](NC(=O)c3ccccc3)c3ccccc3)C[C@@](O)([C@@H](OC(=O)c3ccccc3)C3[C@@](C)(CC[C@H]4OC[C@@]34OC(C)=O)[C@H]1OC(=O)CCC(=O)OC[C@H]1O[C@@H](n3cc(C)c(=O)[nH]c3=O)CC1N=[N+]=[N-])C2(C)C. The molecule has 3 aromatic carbocycles.